The van der Waals surface area contributed by atoms with Crippen LogP contribution in [0.25, 0.3) is 240 Å². The van der Waals surface area contributed by atoms with Crippen molar-refractivity contribution in [3.05, 3.63) is 425 Å². The van der Waals surface area contributed by atoms with Crippen molar-refractivity contribution < 1.29 is 0 Å². The Labute approximate surface area is 701 Å². The van der Waals surface area contributed by atoms with Crippen LogP contribution in [0.2, 0.25) is 0 Å². The fraction of sp³-hybridized carbons (Fsp3) is 0. The zero-order valence-corrected chi connectivity index (χ0v) is 66.3. The standard InChI is InChI=1S/C43H27N3.C38H24N2.C33H19NS/c1-2-10-31(11-3-1)41-44-42(32-17-14-29(15-18-32)34-19-16-28-8-4-5-12-33(28)26-34)46-43(45-41)36-22-23-38-35(27-36)21-25-39-37-13-7-6-9-30(37)20-24-40(38)39;1-3-10-27(11-4-1)37-35-24-30(19-22-36(35)39-38(40-37)28-12-5-2-6-13-28)29-16-15-26-18-20-32-31-14-8-7-9-25(31)17-21-33(32)34(26)23-29;1-2-8-23-20(7-1)15-18-25-24(23)17-16-21-13-14-22(19-28(21)25)32-33-31(26-9-3-5-11-29(26)34-32)27-10-4-6-12-30(27)35-33/h1-27H;1-24H;1-19H. The van der Waals surface area contributed by atoms with E-state index in [-0.39, 0.29) is 0 Å². The number of aromatic nitrogens is 6. The van der Waals surface area contributed by atoms with Crippen LogP contribution in [-0.4, -0.2) is 29.9 Å². The van der Waals surface area contributed by atoms with Crippen LogP contribution < -0.4 is 0 Å². The molecular formula is C114H70N6S. The lowest BCUT2D eigenvalue weighted by molar-refractivity contribution is 1.07. The highest BCUT2D eigenvalue weighted by Gasteiger charge is 2.21. The fourth-order valence-electron chi connectivity index (χ4n) is 17.9. The summed E-state index contributed by atoms with van der Waals surface area (Å²) in [5.74, 6) is 2.70. The summed E-state index contributed by atoms with van der Waals surface area (Å²) in [4.78, 5) is 30.2. The molecule has 0 aliphatic heterocycles. The molecule has 21 aromatic carbocycles. The summed E-state index contributed by atoms with van der Waals surface area (Å²) in [6.07, 6.45) is 0. The molecule has 4 heterocycles. The lowest BCUT2D eigenvalue weighted by Gasteiger charge is -2.12. The number of hydrogen-bond donors (Lipinski definition) is 0. The van der Waals surface area contributed by atoms with E-state index in [1.165, 1.54) is 145 Å². The van der Waals surface area contributed by atoms with Gasteiger partial charge in [-0.05, 0) is 179 Å². The zero-order chi connectivity index (χ0) is 79.9. The van der Waals surface area contributed by atoms with Gasteiger partial charge in [0, 0.05) is 59.6 Å². The van der Waals surface area contributed by atoms with Crippen LogP contribution in [-0.2, 0) is 0 Å². The number of nitrogens with zero attached hydrogens (tertiary/aromatic N) is 6. The Bertz CT molecular complexity index is 8460. The Morgan fingerprint density at radius 1 is 0.149 bits per heavy atom. The van der Waals surface area contributed by atoms with Crippen molar-refractivity contribution in [3.8, 4) is 90.3 Å². The average Bonchev–Trinajstić information content (AvgIpc) is 1.62. The van der Waals surface area contributed by atoms with E-state index in [1.54, 1.807) is 0 Å². The normalized spacial score (nSPS) is 11.6. The molecule has 0 fully saturated rings. The van der Waals surface area contributed by atoms with E-state index >= 15 is 0 Å². The van der Waals surface area contributed by atoms with E-state index in [9.17, 15) is 0 Å². The van der Waals surface area contributed by atoms with Crippen molar-refractivity contribution in [2.45, 2.75) is 0 Å². The minimum absolute atomic E-state index is 0.652. The lowest BCUT2D eigenvalue weighted by Crippen LogP contribution is -2.00. The summed E-state index contributed by atoms with van der Waals surface area (Å²) in [5.41, 5.74) is 14.8. The predicted octanol–water partition coefficient (Wildman–Crippen LogP) is 31.0. The highest BCUT2D eigenvalue weighted by atomic mass is 32.1. The number of pyridine rings is 1. The van der Waals surface area contributed by atoms with Gasteiger partial charge in [-0.15, -0.1) is 11.3 Å². The second-order valence-electron chi connectivity index (χ2n) is 31.1. The average molecular weight is 1560 g/mol. The first-order chi connectivity index (χ1) is 59.9. The van der Waals surface area contributed by atoms with Gasteiger partial charge < -0.3 is 0 Å². The van der Waals surface area contributed by atoms with Crippen molar-refractivity contribution >= 4 is 161 Å². The first-order valence-corrected chi connectivity index (χ1v) is 41.8. The molecule has 25 aromatic rings. The van der Waals surface area contributed by atoms with Crippen molar-refractivity contribution in [1.29, 1.82) is 0 Å². The van der Waals surface area contributed by atoms with Crippen LogP contribution in [0.15, 0.2) is 425 Å². The van der Waals surface area contributed by atoms with Gasteiger partial charge in [0.25, 0.3) is 0 Å². The number of fused-ring (bicyclic) bond motifs is 22. The smallest absolute Gasteiger partial charge is 0.164 e. The molecule has 0 aliphatic rings. The molecule has 0 spiro atoms. The second-order valence-corrected chi connectivity index (χ2v) is 32.2. The summed E-state index contributed by atoms with van der Waals surface area (Å²) >= 11 is 1.85. The van der Waals surface area contributed by atoms with Gasteiger partial charge in [0.05, 0.1) is 27.1 Å². The van der Waals surface area contributed by atoms with Crippen LogP contribution in [0.5, 0.6) is 0 Å². The molecule has 0 saturated heterocycles. The number of para-hydroxylation sites is 1. The highest BCUT2D eigenvalue weighted by Crippen LogP contribution is 2.46. The zero-order valence-electron chi connectivity index (χ0n) is 65.5. The molecule has 6 nitrogen and oxygen atoms in total. The van der Waals surface area contributed by atoms with Crippen molar-refractivity contribution in [2.75, 3.05) is 0 Å². The molecule has 4 aromatic heterocycles. The fourth-order valence-corrected chi connectivity index (χ4v) is 19.2. The Morgan fingerprint density at radius 3 is 1.07 bits per heavy atom. The minimum Gasteiger partial charge on any atom is -0.246 e. The third kappa shape index (κ3) is 12.8. The van der Waals surface area contributed by atoms with E-state index in [0.717, 1.165) is 78.0 Å². The van der Waals surface area contributed by atoms with Crippen LogP contribution in [0.3, 0.4) is 0 Å². The molecule has 7 heteroatoms. The molecule has 0 amide bonds. The molecule has 25 rings (SSSR count). The van der Waals surface area contributed by atoms with Crippen LogP contribution in [0, 0.1) is 0 Å². The summed E-state index contributed by atoms with van der Waals surface area (Å²) in [7, 11) is 0. The third-order valence-corrected chi connectivity index (χ3v) is 25.2. The lowest BCUT2D eigenvalue weighted by atomic mass is 9.94. The van der Waals surface area contributed by atoms with Crippen molar-refractivity contribution in [3.63, 3.8) is 0 Å². The van der Waals surface area contributed by atoms with Crippen molar-refractivity contribution in [1.82, 2.24) is 29.9 Å². The molecule has 0 N–H and O–H groups in total. The van der Waals surface area contributed by atoms with E-state index in [4.69, 9.17) is 29.9 Å². The molecule has 121 heavy (non-hydrogen) atoms. The van der Waals surface area contributed by atoms with Gasteiger partial charge in [-0.25, -0.2) is 29.9 Å². The Hall–Kier alpha value is -15.8. The molecule has 0 atom stereocenters. The van der Waals surface area contributed by atoms with E-state index in [2.05, 4.69) is 370 Å². The van der Waals surface area contributed by atoms with E-state index < -0.39 is 0 Å². The van der Waals surface area contributed by atoms with Gasteiger partial charge in [-0.1, -0.05) is 376 Å². The summed E-state index contributed by atoms with van der Waals surface area (Å²) < 4.78 is 2.56. The Kier molecular flexibility index (Phi) is 17.3. The molecule has 562 valence electrons. The largest absolute Gasteiger partial charge is 0.246 e. The maximum Gasteiger partial charge on any atom is 0.164 e. The van der Waals surface area contributed by atoms with Crippen LogP contribution in [0.4, 0.5) is 0 Å². The molecule has 0 unspecified atom stereocenters. The Morgan fingerprint density at radius 2 is 0.488 bits per heavy atom. The predicted molar refractivity (Wildman–Crippen MR) is 513 cm³/mol. The third-order valence-electron chi connectivity index (χ3n) is 24.0. The van der Waals surface area contributed by atoms with Gasteiger partial charge in [-0.2, -0.15) is 0 Å². The summed E-state index contributed by atoms with van der Waals surface area (Å²) in [6, 6.07) is 151. The second kappa shape index (κ2) is 29.7. The number of thiophene rings is 1. The van der Waals surface area contributed by atoms with E-state index in [0.29, 0.717) is 17.5 Å². The summed E-state index contributed by atoms with van der Waals surface area (Å²) in [5, 5.41) is 30.1. The van der Waals surface area contributed by atoms with Gasteiger partial charge >= 0.3 is 0 Å². The molecule has 0 radical (unpaired) electrons. The number of benzene rings is 21. The first-order valence-electron chi connectivity index (χ1n) is 41.0. The molecule has 0 saturated carbocycles. The maximum atomic E-state index is 5.22. The molecule has 0 aliphatic carbocycles. The highest BCUT2D eigenvalue weighted by molar-refractivity contribution is 7.26. The number of rotatable bonds is 8. The van der Waals surface area contributed by atoms with Gasteiger partial charge in [-0.3, -0.25) is 0 Å². The van der Waals surface area contributed by atoms with Gasteiger partial charge in [0.1, 0.15) is 0 Å². The topological polar surface area (TPSA) is 77.3 Å². The van der Waals surface area contributed by atoms with Crippen molar-refractivity contribution in [2.24, 2.45) is 0 Å². The van der Waals surface area contributed by atoms with Gasteiger partial charge in [0.2, 0.25) is 0 Å². The van der Waals surface area contributed by atoms with Crippen LogP contribution in [0.1, 0.15) is 0 Å². The monoisotopic (exact) mass is 1550 g/mol. The van der Waals surface area contributed by atoms with E-state index in [1.807, 2.05) is 65.9 Å². The number of hydrogen-bond acceptors (Lipinski definition) is 7. The molecule has 0 bridgehead atoms. The summed E-state index contributed by atoms with van der Waals surface area (Å²) in [6.45, 7) is 0. The first kappa shape index (κ1) is 70.6. The quantitative estimate of drug-likeness (QED) is 0.141. The minimum atomic E-state index is 0.652. The Balaban J connectivity index is 0.000000107. The molecular weight excluding hydrogens is 1490 g/mol. The van der Waals surface area contributed by atoms with Gasteiger partial charge in [0.15, 0.2) is 23.3 Å². The SMILES string of the molecule is c1ccc(-c2nc(-c3ccc(-c4ccc5ccccc5c4)cc3)nc(-c3ccc4c(ccc5c6ccccc6ccc45)c3)n2)cc1.c1ccc(-c2nc(-c3ccccc3)c3cc(-c4ccc5ccc6c7ccccc7ccc6c5c4)ccc3n2)cc1.c1ccc2c(c1)ccc1c3cc(-c4nc5ccccc5c5c4sc4ccccc45)ccc3ccc21. The van der Waals surface area contributed by atoms with Crippen LogP contribution >= 0.6 is 11.3 Å². The maximum absolute atomic E-state index is 5.22.